The lowest BCUT2D eigenvalue weighted by atomic mass is 9.93. The first-order chi connectivity index (χ1) is 11.6. The normalized spacial score (nSPS) is 11.2. The van der Waals surface area contributed by atoms with Crippen LogP contribution in [-0.4, -0.2) is 0 Å². The van der Waals surface area contributed by atoms with Crippen molar-refractivity contribution in [2.45, 2.75) is 86.0 Å². The molecule has 0 spiro atoms. The molecule has 0 heterocycles. The molecule has 0 atom stereocenters. The fourth-order valence-corrected chi connectivity index (χ4v) is 2.97. The van der Waals surface area contributed by atoms with Gasteiger partial charge in [0.2, 0.25) is 0 Å². The van der Waals surface area contributed by atoms with Crippen molar-refractivity contribution >= 4 is 0 Å². The van der Waals surface area contributed by atoms with E-state index in [1.165, 1.54) is 27.8 Å². The van der Waals surface area contributed by atoms with Gasteiger partial charge in [0.1, 0.15) is 0 Å². The molecule has 138 valence electrons. The van der Waals surface area contributed by atoms with E-state index < -0.39 is 0 Å². The van der Waals surface area contributed by atoms with Crippen molar-refractivity contribution in [1.82, 2.24) is 0 Å². The highest BCUT2D eigenvalue weighted by Crippen LogP contribution is 2.23. The molecule has 0 saturated heterocycles. The van der Waals surface area contributed by atoms with Gasteiger partial charge in [0.05, 0.1) is 0 Å². The Morgan fingerprint density at radius 3 is 1.12 bits per heavy atom. The van der Waals surface area contributed by atoms with Crippen molar-refractivity contribution in [3.05, 3.63) is 70.3 Å². The van der Waals surface area contributed by atoms with E-state index in [2.05, 4.69) is 105 Å². The molecule has 2 aromatic carbocycles. The van der Waals surface area contributed by atoms with Gasteiger partial charge in [-0.05, 0) is 58.4 Å². The molecule has 0 unspecified atom stereocenters. The van der Waals surface area contributed by atoms with Crippen molar-refractivity contribution in [1.29, 1.82) is 0 Å². The van der Waals surface area contributed by atoms with Gasteiger partial charge in [0, 0.05) is 0 Å². The molecule has 2 rings (SSSR count). The summed E-state index contributed by atoms with van der Waals surface area (Å²) in [5.41, 5.74) is 7.21. The number of hydrogen-bond donors (Lipinski definition) is 0. The molecule has 0 aliphatic carbocycles. The van der Waals surface area contributed by atoms with Gasteiger partial charge in [-0.25, -0.2) is 0 Å². The van der Waals surface area contributed by atoms with Crippen LogP contribution in [0, 0.1) is 6.92 Å². The minimum Gasteiger partial charge on any atom is -0.0587 e. The predicted molar refractivity (Wildman–Crippen MR) is 114 cm³/mol. The highest BCUT2D eigenvalue weighted by Gasteiger charge is 2.05. The third-order valence-electron chi connectivity index (χ3n) is 4.85. The Labute approximate surface area is 156 Å². The molecule has 0 saturated carbocycles. The lowest BCUT2D eigenvalue weighted by Crippen LogP contribution is -1.95. The molecule has 0 radical (unpaired) electrons. The van der Waals surface area contributed by atoms with Crippen molar-refractivity contribution in [2.75, 3.05) is 0 Å². The summed E-state index contributed by atoms with van der Waals surface area (Å²) in [6, 6.07) is 15.8. The topological polar surface area (TPSA) is 0 Å². The van der Waals surface area contributed by atoms with Gasteiger partial charge in [0.15, 0.2) is 0 Å². The van der Waals surface area contributed by atoms with Gasteiger partial charge in [-0.15, -0.1) is 0 Å². The van der Waals surface area contributed by atoms with Gasteiger partial charge in [-0.3, -0.25) is 0 Å². The lowest BCUT2D eigenvalue weighted by Gasteiger charge is -2.13. The maximum Gasteiger partial charge on any atom is -0.0216 e. The average molecular weight is 339 g/mol. The van der Waals surface area contributed by atoms with Crippen molar-refractivity contribution in [2.24, 2.45) is 0 Å². The zero-order valence-electron chi connectivity index (χ0n) is 17.9. The molecule has 0 bridgehead atoms. The summed E-state index contributed by atoms with van der Waals surface area (Å²) >= 11 is 0. The van der Waals surface area contributed by atoms with Gasteiger partial charge < -0.3 is 0 Å². The standard InChI is InChI=1S/C13H20.C12H18/c1-9(2)12-6-7-13(10(3)4)11(5)8-12;1-9(2)11-5-7-12(8-6-11)10(3)4/h6-10H,1-5H3;5-10H,1-4H3. The van der Waals surface area contributed by atoms with Crippen LogP contribution in [-0.2, 0) is 0 Å². The highest BCUT2D eigenvalue weighted by molar-refractivity contribution is 5.34. The zero-order chi connectivity index (χ0) is 19.1. The maximum atomic E-state index is 2.32. The van der Waals surface area contributed by atoms with E-state index in [0.717, 1.165) is 0 Å². The minimum absolute atomic E-state index is 0.639. The quantitative estimate of drug-likeness (QED) is 0.527. The highest BCUT2D eigenvalue weighted by atomic mass is 14.1. The Bertz CT molecular complexity index is 601. The Morgan fingerprint density at radius 2 is 0.840 bits per heavy atom. The minimum atomic E-state index is 0.639. The molecule has 2 aromatic rings. The second-order valence-electron chi connectivity index (χ2n) is 8.40. The average Bonchev–Trinajstić information content (AvgIpc) is 2.54. The fourth-order valence-electron chi connectivity index (χ4n) is 2.97. The third kappa shape index (κ3) is 6.69. The number of benzene rings is 2. The molecule has 25 heavy (non-hydrogen) atoms. The van der Waals surface area contributed by atoms with Crippen LogP contribution in [0.4, 0.5) is 0 Å². The molecule has 0 aliphatic heterocycles. The summed E-state index contributed by atoms with van der Waals surface area (Å²) in [7, 11) is 0. The number of hydrogen-bond acceptors (Lipinski definition) is 0. The first-order valence-corrected chi connectivity index (χ1v) is 9.83. The van der Waals surface area contributed by atoms with Crippen molar-refractivity contribution in [3.8, 4) is 0 Å². The van der Waals surface area contributed by atoms with Crippen LogP contribution in [0.3, 0.4) is 0 Å². The van der Waals surface area contributed by atoms with E-state index in [4.69, 9.17) is 0 Å². The van der Waals surface area contributed by atoms with Crippen LogP contribution in [0.1, 0.15) is 107 Å². The second-order valence-corrected chi connectivity index (χ2v) is 8.40. The summed E-state index contributed by atoms with van der Waals surface area (Å²) in [5, 5.41) is 0. The molecule has 0 N–H and O–H groups in total. The van der Waals surface area contributed by atoms with Crippen LogP contribution in [0.5, 0.6) is 0 Å². The van der Waals surface area contributed by atoms with E-state index in [-0.39, 0.29) is 0 Å². The molecule has 0 heteroatoms. The molecular weight excluding hydrogens is 300 g/mol. The monoisotopic (exact) mass is 338 g/mol. The summed E-state index contributed by atoms with van der Waals surface area (Å²) in [6.07, 6.45) is 0. The lowest BCUT2D eigenvalue weighted by molar-refractivity contribution is 0.835. The van der Waals surface area contributed by atoms with E-state index in [0.29, 0.717) is 23.7 Å². The summed E-state index contributed by atoms with van der Waals surface area (Å²) in [4.78, 5) is 0. The molecule has 0 aliphatic rings. The smallest absolute Gasteiger partial charge is 0.0216 e. The Kier molecular flexibility index (Phi) is 8.42. The van der Waals surface area contributed by atoms with Gasteiger partial charge in [-0.2, -0.15) is 0 Å². The first kappa shape index (κ1) is 21.5. The van der Waals surface area contributed by atoms with E-state index in [9.17, 15) is 0 Å². The van der Waals surface area contributed by atoms with Crippen molar-refractivity contribution < 1.29 is 0 Å². The zero-order valence-corrected chi connectivity index (χ0v) is 17.9. The van der Waals surface area contributed by atoms with E-state index >= 15 is 0 Å². The molecule has 0 aromatic heterocycles. The maximum absolute atomic E-state index is 2.32. The van der Waals surface area contributed by atoms with Crippen LogP contribution in [0.2, 0.25) is 0 Å². The number of aryl methyl sites for hydroxylation is 1. The largest absolute Gasteiger partial charge is 0.0587 e. The van der Waals surface area contributed by atoms with Crippen LogP contribution in [0.15, 0.2) is 42.5 Å². The molecule has 0 amide bonds. The fraction of sp³-hybridized carbons (Fsp3) is 0.520. The Hall–Kier alpha value is -1.56. The van der Waals surface area contributed by atoms with Crippen LogP contribution >= 0.6 is 0 Å². The first-order valence-electron chi connectivity index (χ1n) is 9.83. The van der Waals surface area contributed by atoms with Gasteiger partial charge in [-0.1, -0.05) is 97.9 Å². The molecule has 0 fully saturated rings. The van der Waals surface area contributed by atoms with E-state index in [1.807, 2.05) is 0 Å². The van der Waals surface area contributed by atoms with Gasteiger partial charge in [0.25, 0.3) is 0 Å². The summed E-state index contributed by atoms with van der Waals surface area (Å²) < 4.78 is 0. The van der Waals surface area contributed by atoms with Gasteiger partial charge >= 0.3 is 0 Å². The number of rotatable bonds is 4. The molecular formula is C25H38. The Balaban J connectivity index is 0.000000251. The van der Waals surface area contributed by atoms with Crippen LogP contribution < -0.4 is 0 Å². The SMILES string of the molecule is CC(C)c1ccc(C(C)C)cc1.Cc1cc(C(C)C)ccc1C(C)C. The summed E-state index contributed by atoms with van der Waals surface area (Å²) in [5.74, 6) is 2.57. The van der Waals surface area contributed by atoms with E-state index in [1.54, 1.807) is 0 Å². The summed E-state index contributed by atoms with van der Waals surface area (Å²) in [6.45, 7) is 20.1. The third-order valence-corrected chi connectivity index (χ3v) is 4.85. The Morgan fingerprint density at radius 1 is 0.480 bits per heavy atom. The van der Waals surface area contributed by atoms with Crippen LogP contribution in [0.25, 0.3) is 0 Å². The second kappa shape index (κ2) is 9.80. The van der Waals surface area contributed by atoms with Crippen molar-refractivity contribution in [3.63, 3.8) is 0 Å². The predicted octanol–water partition coefficient (Wildman–Crippen LogP) is 8.18. The molecule has 0 nitrogen and oxygen atoms in total.